The van der Waals surface area contributed by atoms with E-state index in [1.807, 2.05) is 6.92 Å². The summed E-state index contributed by atoms with van der Waals surface area (Å²) >= 11 is 0. The third-order valence-corrected chi connectivity index (χ3v) is 3.47. The quantitative estimate of drug-likeness (QED) is 0.770. The van der Waals surface area contributed by atoms with Crippen LogP contribution in [0.5, 0.6) is 0 Å². The lowest BCUT2D eigenvalue weighted by Crippen LogP contribution is -2.47. The molecule has 0 aromatic rings. The van der Waals surface area contributed by atoms with Gasteiger partial charge in [0.15, 0.2) is 0 Å². The Kier molecular flexibility index (Phi) is 6.08. The molecule has 6 nitrogen and oxygen atoms in total. The van der Waals surface area contributed by atoms with E-state index >= 15 is 0 Å². The first-order chi connectivity index (χ1) is 8.95. The highest BCUT2D eigenvalue weighted by Crippen LogP contribution is 2.18. The van der Waals surface area contributed by atoms with Crippen LogP contribution in [0.2, 0.25) is 0 Å². The second kappa shape index (κ2) is 7.33. The molecular formula is C13H25N3O3. The number of hydrogen-bond donors (Lipinski definition) is 2. The van der Waals surface area contributed by atoms with Crippen molar-refractivity contribution in [3.63, 3.8) is 0 Å². The summed E-state index contributed by atoms with van der Waals surface area (Å²) in [7, 11) is 3.47. The summed E-state index contributed by atoms with van der Waals surface area (Å²) < 4.78 is 0. The lowest BCUT2D eigenvalue weighted by Gasteiger charge is -2.33. The topological polar surface area (TPSA) is 72.9 Å². The SMILES string of the molecule is CC(CCO)NC(=O)C1CCN(C(=O)N(C)C)CC1. The molecule has 0 aliphatic carbocycles. The molecule has 1 saturated heterocycles. The molecule has 0 aromatic heterocycles. The van der Waals surface area contributed by atoms with Crippen LogP contribution in [0.15, 0.2) is 0 Å². The Morgan fingerprint density at radius 1 is 1.37 bits per heavy atom. The Hall–Kier alpha value is -1.30. The van der Waals surface area contributed by atoms with Gasteiger partial charge in [-0.3, -0.25) is 4.79 Å². The van der Waals surface area contributed by atoms with Crippen LogP contribution < -0.4 is 5.32 Å². The molecule has 2 N–H and O–H groups in total. The Morgan fingerprint density at radius 3 is 2.42 bits per heavy atom. The van der Waals surface area contributed by atoms with Crippen molar-refractivity contribution in [2.24, 2.45) is 5.92 Å². The molecule has 0 aromatic carbocycles. The number of rotatable bonds is 4. The van der Waals surface area contributed by atoms with Gasteiger partial charge in [-0.05, 0) is 26.2 Å². The maximum absolute atomic E-state index is 12.0. The first-order valence-corrected chi connectivity index (χ1v) is 6.83. The smallest absolute Gasteiger partial charge is 0.319 e. The Morgan fingerprint density at radius 2 is 1.95 bits per heavy atom. The Labute approximate surface area is 114 Å². The molecule has 6 heteroatoms. The molecule has 1 unspecified atom stereocenters. The van der Waals surface area contributed by atoms with Gasteiger partial charge in [-0.1, -0.05) is 0 Å². The van der Waals surface area contributed by atoms with E-state index in [-0.39, 0.29) is 30.5 Å². The number of nitrogens with one attached hydrogen (secondary N) is 1. The van der Waals surface area contributed by atoms with Crippen molar-refractivity contribution in [3.05, 3.63) is 0 Å². The van der Waals surface area contributed by atoms with Crippen molar-refractivity contribution in [1.29, 1.82) is 0 Å². The van der Waals surface area contributed by atoms with Gasteiger partial charge >= 0.3 is 6.03 Å². The molecule has 1 heterocycles. The van der Waals surface area contributed by atoms with Crippen LogP contribution in [-0.4, -0.2) is 66.7 Å². The Balaban J connectivity index is 2.37. The predicted molar refractivity (Wildman–Crippen MR) is 72.7 cm³/mol. The summed E-state index contributed by atoms with van der Waals surface area (Å²) in [6.07, 6.45) is 1.98. The summed E-state index contributed by atoms with van der Waals surface area (Å²) in [5.41, 5.74) is 0. The zero-order valence-corrected chi connectivity index (χ0v) is 12.1. The van der Waals surface area contributed by atoms with E-state index in [0.29, 0.717) is 32.4 Å². The number of carbonyl (C=O) groups is 2. The van der Waals surface area contributed by atoms with Crippen LogP contribution in [-0.2, 0) is 4.79 Å². The fourth-order valence-corrected chi connectivity index (χ4v) is 2.24. The van der Waals surface area contributed by atoms with Gasteiger partial charge in [0.2, 0.25) is 5.91 Å². The number of amides is 3. The number of aliphatic hydroxyl groups is 1. The van der Waals surface area contributed by atoms with Crippen molar-refractivity contribution >= 4 is 11.9 Å². The van der Waals surface area contributed by atoms with Gasteiger partial charge in [0.1, 0.15) is 0 Å². The van der Waals surface area contributed by atoms with Crippen LogP contribution in [0.25, 0.3) is 0 Å². The zero-order chi connectivity index (χ0) is 14.4. The van der Waals surface area contributed by atoms with E-state index in [1.54, 1.807) is 23.9 Å². The molecular weight excluding hydrogens is 246 g/mol. The van der Waals surface area contributed by atoms with Gasteiger partial charge in [-0.15, -0.1) is 0 Å². The van der Waals surface area contributed by atoms with E-state index in [1.165, 1.54) is 0 Å². The standard InChI is InChI=1S/C13H25N3O3/c1-10(6-9-17)14-12(18)11-4-7-16(8-5-11)13(19)15(2)3/h10-11,17H,4-9H2,1-3H3,(H,14,18). The van der Waals surface area contributed by atoms with E-state index in [0.717, 1.165) is 0 Å². The highest BCUT2D eigenvalue weighted by atomic mass is 16.3. The second-order valence-electron chi connectivity index (χ2n) is 5.36. The lowest BCUT2D eigenvalue weighted by atomic mass is 9.95. The van der Waals surface area contributed by atoms with E-state index in [9.17, 15) is 9.59 Å². The van der Waals surface area contributed by atoms with Crippen molar-refractivity contribution in [2.45, 2.75) is 32.2 Å². The zero-order valence-electron chi connectivity index (χ0n) is 12.1. The third-order valence-electron chi connectivity index (χ3n) is 3.47. The summed E-state index contributed by atoms with van der Waals surface area (Å²) in [4.78, 5) is 27.1. The van der Waals surface area contributed by atoms with E-state index < -0.39 is 0 Å². The summed E-state index contributed by atoms with van der Waals surface area (Å²) in [5.74, 6) is 0.0188. The van der Waals surface area contributed by atoms with Gasteiger partial charge in [-0.2, -0.15) is 0 Å². The van der Waals surface area contributed by atoms with Gasteiger partial charge in [0.05, 0.1) is 0 Å². The van der Waals surface area contributed by atoms with Crippen LogP contribution in [0.1, 0.15) is 26.2 Å². The summed E-state index contributed by atoms with van der Waals surface area (Å²) in [5, 5.41) is 11.7. The fourth-order valence-electron chi connectivity index (χ4n) is 2.24. The molecule has 19 heavy (non-hydrogen) atoms. The van der Waals surface area contributed by atoms with Crippen molar-refractivity contribution in [1.82, 2.24) is 15.1 Å². The number of nitrogens with zero attached hydrogens (tertiary/aromatic N) is 2. The van der Waals surface area contributed by atoms with Crippen LogP contribution in [0.3, 0.4) is 0 Å². The molecule has 110 valence electrons. The lowest BCUT2D eigenvalue weighted by molar-refractivity contribution is -0.127. The fraction of sp³-hybridized carbons (Fsp3) is 0.846. The summed E-state index contributed by atoms with van der Waals surface area (Å²) in [6, 6.07) is 0.00597. The molecule has 1 aliphatic rings. The second-order valence-corrected chi connectivity index (χ2v) is 5.36. The minimum absolute atomic E-state index is 0.000985. The number of likely N-dealkylation sites (tertiary alicyclic amines) is 1. The van der Waals surface area contributed by atoms with Gasteiger partial charge in [0, 0.05) is 45.8 Å². The Bertz CT molecular complexity index is 312. The minimum atomic E-state index is -0.0210. The molecule has 1 aliphatic heterocycles. The highest BCUT2D eigenvalue weighted by molar-refractivity contribution is 5.79. The van der Waals surface area contributed by atoms with Crippen LogP contribution in [0, 0.1) is 5.92 Å². The molecule has 1 atom stereocenters. The van der Waals surface area contributed by atoms with E-state index in [2.05, 4.69) is 5.32 Å². The van der Waals surface area contributed by atoms with E-state index in [4.69, 9.17) is 5.11 Å². The monoisotopic (exact) mass is 271 g/mol. The first kappa shape index (κ1) is 15.8. The molecule has 1 fully saturated rings. The maximum Gasteiger partial charge on any atom is 0.319 e. The minimum Gasteiger partial charge on any atom is -0.396 e. The molecule has 0 saturated carbocycles. The molecule has 3 amide bonds. The predicted octanol–water partition coefficient (Wildman–Crippen LogP) is 0.267. The average Bonchev–Trinajstić information content (AvgIpc) is 2.38. The maximum atomic E-state index is 12.0. The first-order valence-electron chi connectivity index (χ1n) is 6.83. The third kappa shape index (κ3) is 4.70. The normalized spacial score (nSPS) is 18.0. The van der Waals surface area contributed by atoms with Crippen molar-refractivity contribution in [3.8, 4) is 0 Å². The van der Waals surface area contributed by atoms with Gasteiger partial charge in [-0.25, -0.2) is 4.79 Å². The summed E-state index contributed by atoms with van der Waals surface area (Å²) in [6.45, 7) is 3.23. The number of urea groups is 1. The molecule has 0 spiro atoms. The van der Waals surface area contributed by atoms with Gasteiger partial charge < -0.3 is 20.2 Å². The molecule has 0 bridgehead atoms. The number of aliphatic hydroxyl groups excluding tert-OH is 1. The van der Waals surface area contributed by atoms with Crippen LogP contribution >= 0.6 is 0 Å². The molecule has 0 radical (unpaired) electrons. The van der Waals surface area contributed by atoms with Crippen molar-refractivity contribution < 1.29 is 14.7 Å². The average molecular weight is 271 g/mol. The number of hydrogen-bond acceptors (Lipinski definition) is 3. The van der Waals surface area contributed by atoms with Gasteiger partial charge in [0.25, 0.3) is 0 Å². The number of carbonyl (C=O) groups excluding carboxylic acids is 2. The van der Waals surface area contributed by atoms with Crippen molar-refractivity contribution in [2.75, 3.05) is 33.8 Å². The largest absolute Gasteiger partial charge is 0.396 e. The van der Waals surface area contributed by atoms with Crippen LogP contribution in [0.4, 0.5) is 4.79 Å². The molecule has 1 rings (SSSR count). The number of piperidine rings is 1. The highest BCUT2D eigenvalue weighted by Gasteiger charge is 2.28.